The molecule has 0 amide bonds. The summed E-state index contributed by atoms with van der Waals surface area (Å²) in [4.78, 5) is 0. The Labute approximate surface area is 80.5 Å². The summed E-state index contributed by atoms with van der Waals surface area (Å²) in [6.07, 6.45) is 3.04. The molecule has 1 fully saturated rings. The molecule has 0 saturated carbocycles. The molecule has 2 N–H and O–H groups in total. The molecule has 0 aromatic heterocycles. The van der Waals surface area contributed by atoms with Crippen LogP contribution in [0.15, 0.2) is 0 Å². The average molecular weight is 187 g/mol. The number of rotatable bonds is 6. The van der Waals surface area contributed by atoms with Crippen LogP contribution in [0.3, 0.4) is 0 Å². The minimum atomic E-state index is -0.181. The highest BCUT2D eigenvalue weighted by atomic mass is 16.5. The number of ether oxygens (including phenoxy) is 1. The predicted molar refractivity (Wildman–Crippen MR) is 52.7 cm³/mol. The smallest absolute Gasteiger partial charge is 0.0662 e. The minimum absolute atomic E-state index is 0.181. The van der Waals surface area contributed by atoms with Crippen molar-refractivity contribution in [2.45, 2.75) is 32.3 Å². The molecule has 2 unspecified atom stereocenters. The fraction of sp³-hybridized carbons (Fsp3) is 1.00. The Hall–Kier alpha value is -0.120. The molecule has 3 heteroatoms. The molecule has 0 bridgehead atoms. The fourth-order valence-electron chi connectivity index (χ4n) is 1.53. The molecule has 1 heterocycles. The van der Waals surface area contributed by atoms with Crippen molar-refractivity contribution >= 4 is 0 Å². The molecule has 0 aliphatic carbocycles. The molecule has 13 heavy (non-hydrogen) atoms. The summed E-state index contributed by atoms with van der Waals surface area (Å²) in [7, 11) is 0. The monoisotopic (exact) mass is 187 g/mol. The van der Waals surface area contributed by atoms with Gasteiger partial charge in [0.2, 0.25) is 0 Å². The standard InChI is InChI=1S/C10H21NO2/c1-2-10(12)7-11-5-3-9-4-6-13-8-9/h9-12H,2-8H2,1H3. The topological polar surface area (TPSA) is 41.5 Å². The molecular formula is C10H21NO2. The first-order valence-corrected chi connectivity index (χ1v) is 5.29. The Balaban J connectivity index is 1.88. The van der Waals surface area contributed by atoms with E-state index in [1.807, 2.05) is 6.92 Å². The predicted octanol–water partition coefficient (Wildman–Crippen LogP) is 0.773. The van der Waals surface area contributed by atoms with Crippen molar-refractivity contribution in [3.8, 4) is 0 Å². The first-order chi connectivity index (χ1) is 6.33. The van der Waals surface area contributed by atoms with Gasteiger partial charge in [-0.3, -0.25) is 0 Å². The van der Waals surface area contributed by atoms with Crippen molar-refractivity contribution in [1.82, 2.24) is 5.32 Å². The third-order valence-corrected chi connectivity index (χ3v) is 2.60. The van der Waals surface area contributed by atoms with Crippen molar-refractivity contribution in [3.63, 3.8) is 0 Å². The Morgan fingerprint density at radius 1 is 1.62 bits per heavy atom. The number of hydrogen-bond acceptors (Lipinski definition) is 3. The molecule has 78 valence electrons. The second kappa shape index (κ2) is 6.35. The number of aliphatic hydroxyl groups excluding tert-OH is 1. The summed E-state index contributed by atoms with van der Waals surface area (Å²) in [6, 6.07) is 0. The van der Waals surface area contributed by atoms with Crippen molar-refractivity contribution < 1.29 is 9.84 Å². The van der Waals surface area contributed by atoms with Gasteiger partial charge in [0.05, 0.1) is 6.10 Å². The Kier molecular flexibility index (Phi) is 5.35. The van der Waals surface area contributed by atoms with Crippen molar-refractivity contribution in [2.24, 2.45) is 5.92 Å². The molecule has 1 aliphatic rings. The molecule has 0 aromatic rings. The van der Waals surface area contributed by atoms with Gasteiger partial charge in [0.25, 0.3) is 0 Å². The van der Waals surface area contributed by atoms with Crippen LogP contribution in [-0.4, -0.2) is 37.5 Å². The highest BCUT2D eigenvalue weighted by Crippen LogP contribution is 2.14. The Morgan fingerprint density at radius 2 is 2.46 bits per heavy atom. The van der Waals surface area contributed by atoms with Gasteiger partial charge in [0, 0.05) is 19.8 Å². The minimum Gasteiger partial charge on any atom is -0.392 e. The summed E-state index contributed by atoms with van der Waals surface area (Å²) >= 11 is 0. The zero-order chi connectivity index (χ0) is 9.52. The third kappa shape index (κ3) is 4.60. The van der Waals surface area contributed by atoms with Gasteiger partial charge < -0.3 is 15.2 Å². The van der Waals surface area contributed by atoms with Crippen molar-refractivity contribution in [1.29, 1.82) is 0 Å². The first-order valence-electron chi connectivity index (χ1n) is 5.29. The van der Waals surface area contributed by atoms with E-state index in [0.717, 1.165) is 38.6 Å². The van der Waals surface area contributed by atoms with Gasteiger partial charge in [0.15, 0.2) is 0 Å². The molecular weight excluding hydrogens is 166 g/mol. The van der Waals surface area contributed by atoms with Crippen molar-refractivity contribution in [2.75, 3.05) is 26.3 Å². The Morgan fingerprint density at radius 3 is 3.08 bits per heavy atom. The normalized spacial score (nSPS) is 24.9. The van der Waals surface area contributed by atoms with Crippen molar-refractivity contribution in [3.05, 3.63) is 0 Å². The van der Waals surface area contributed by atoms with E-state index in [0.29, 0.717) is 0 Å². The molecule has 0 aromatic carbocycles. The zero-order valence-corrected chi connectivity index (χ0v) is 8.46. The molecule has 1 aliphatic heterocycles. The third-order valence-electron chi connectivity index (χ3n) is 2.60. The largest absolute Gasteiger partial charge is 0.392 e. The maximum absolute atomic E-state index is 9.26. The number of nitrogens with one attached hydrogen (secondary N) is 1. The van der Waals surface area contributed by atoms with Crippen LogP contribution in [0.2, 0.25) is 0 Å². The van der Waals surface area contributed by atoms with Crippen LogP contribution in [0.5, 0.6) is 0 Å². The molecule has 1 rings (SSSR count). The van der Waals surface area contributed by atoms with E-state index in [4.69, 9.17) is 4.74 Å². The summed E-state index contributed by atoms with van der Waals surface area (Å²) < 4.78 is 5.28. The van der Waals surface area contributed by atoms with Gasteiger partial charge in [-0.1, -0.05) is 6.92 Å². The van der Waals surface area contributed by atoms with E-state index < -0.39 is 0 Å². The lowest BCUT2D eigenvalue weighted by atomic mass is 10.1. The highest BCUT2D eigenvalue weighted by Gasteiger charge is 2.14. The van der Waals surface area contributed by atoms with E-state index >= 15 is 0 Å². The van der Waals surface area contributed by atoms with Crippen LogP contribution in [-0.2, 0) is 4.74 Å². The second-order valence-electron chi connectivity index (χ2n) is 3.78. The van der Waals surface area contributed by atoms with Crippen LogP contribution in [0.4, 0.5) is 0 Å². The van der Waals surface area contributed by atoms with Gasteiger partial charge in [-0.15, -0.1) is 0 Å². The van der Waals surface area contributed by atoms with Gasteiger partial charge >= 0.3 is 0 Å². The van der Waals surface area contributed by atoms with Crippen LogP contribution in [0.1, 0.15) is 26.2 Å². The molecule has 0 spiro atoms. The summed E-state index contributed by atoms with van der Waals surface area (Å²) in [5.74, 6) is 0.742. The van der Waals surface area contributed by atoms with Gasteiger partial charge in [-0.05, 0) is 31.7 Å². The maximum Gasteiger partial charge on any atom is 0.0662 e. The molecule has 0 radical (unpaired) electrons. The Bertz CT molecular complexity index is 124. The van der Waals surface area contributed by atoms with E-state index in [1.165, 1.54) is 12.8 Å². The highest BCUT2D eigenvalue weighted by molar-refractivity contribution is 4.66. The van der Waals surface area contributed by atoms with Gasteiger partial charge in [0.1, 0.15) is 0 Å². The fourth-order valence-corrected chi connectivity index (χ4v) is 1.53. The first kappa shape index (κ1) is 11.0. The molecule has 2 atom stereocenters. The van der Waals surface area contributed by atoms with E-state index in [-0.39, 0.29) is 6.10 Å². The summed E-state index contributed by atoms with van der Waals surface area (Å²) in [6.45, 7) is 5.59. The number of hydrogen-bond donors (Lipinski definition) is 2. The van der Waals surface area contributed by atoms with Crippen LogP contribution in [0, 0.1) is 5.92 Å². The average Bonchev–Trinajstić information content (AvgIpc) is 2.64. The number of aliphatic hydroxyl groups is 1. The summed E-state index contributed by atoms with van der Waals surface area (Å²) in [5, 5.41) is 12.5. The van der Waals surface area contributed by atoms with Gasteiger partial charge in [-0.25, -0.2) is 0 Å². The van der Waals surface area contributed by atoms with Crippen LogP contribution in [0.25, 0.3) is 0 Å². The lowest BCUT2D eigenvalue weighted by Gasteiger charge is -2.11. The van der Waals surface area contributed by atoms with Gasteiger partial charge in [-0.2, -0.15) is 0 Å². The quantitative estimate of drug-likeness (QED) is 0.604. The van der Waals surface area contributed by atoms with E-state index in [2.05, 4.69) is 5.32 Å². The lowest BCUT2D eigenvalue weighted by molar-refractivity contribution is 0.165. The van der Waals surface area contributed by atoms with Crippen LogP contribution >= 0.6 is 0 Å². The second-order valence-corrected chi connectivity index (χ2v) is 3.78. The van der Waals surface area contributed by atoms with E-state index in [9.17, 15) is 5.11 Å². The maximum atomic E-state index is 9.26. The summed E-state index contributed by atoms with van der Waals surface area (Å²) in [5.41, 5.74) is 0. The van der Waals surface area contributed by atoms with E-state index in [1.54, 1.807) is 0 Å². The van der Waals surface area contributed by atoms with Crippen LogP contribution < -0.4 is 5.32 Å². The SMILES string of the molecule is CCC(O)CNCCC1CCOC1. The lowest BCUT2D eigenvalue weighted by Crippen LogP contribution is -2.28. The zero-order valence-electron chi connectivity index (χ0n) is 8.46. The molecule has 1 saturated heterocycles. The molecule has 3 nitrogen and oxygen atoms in total.